The van der Waals surface area contributed by atoms with Gasteiger partial charge in [-0.15, -0.1) is 0 Å². The number of benzene rings is 2. The number of aliphatic carboxylic acids is 2. The van der Waals surface area contributed by atoms with Crippen LogP contribution in [0.1, 0.15) is 36.3 Å². The van der Waals surface area contributed by atoms with Crippen LogP contribution >= 0.6 is 0 Å². The minimum atomic E-state index is -1.08. The van der Waals surface area contributed by atoms with Gasteiger partial charge in [-0.2, -0.15) is 0 Å². The normalized spacial score (nSPS) is 20.1. The zero-order chi connectivity index (χ0) is 22.2. The number of carboxylic acid groups (broad SMARTS) is 2. The molecular formula is C24H28N2O5. The lowest BCUT2D eigenvalue weighted by molar-refractivity contribution is -0.146. The monoisotopic (exact) mass is 424 g/mol. The largest absolute Gasteiger partial charge is 0.480 e. The van der Waals surface area contributed by atoms with Crippen molar-refractivity contribution in [3.8, 4) is 0 Å². The number of rotatable bonds is 9. The summed E-state index contributed by atoms with van der Waals surface area (Å²) in [6.07, 6.45) is 2.01. The number of hydrogen-bond donors (Lipinski definition) is 3. The Morgan fingerprint density at radius 1 is 1.00 bits per heavy atom. The van der Waals surface area contributed by atoms with E-state index in [2.05, 4.69) is 5.32 Å². The fourth-order valence-electron chi connectivity index (χ4n) is 4.09. The van der Waals surface area contributed by atoms with Gasteiger partial charge in [0.1, 0.15) is 12.6 Å². The molecule has 3 rings (SSSR count). The van der Waals surface area contributed by atoms with Gasteiger partial charge in [-0.05, 0) is 36.8 Å². The quantitative estimate of drug-likeness (QED) is 0.571. The van der Waals surface area contributed by atoms with E-state index in [0.717, 1.165) is 11.1 Å². The number of amides is 1. The van der Waals surface area contributed by atoms with Gasteiger partial charge in [-0.25, -0.2) is 0 Å². The average molecular weight is 424 g/mol. The zero-order valence-electron chi connectivity index (χ0n) is 17.3. The summed E-state index contributed by atoms with van der Waals surface area (Å²) in [5.41, 5.74) is 2.07. The Balaban J connectivity index is 1.73. The van der Waals surface area contributed by atoms with E-state index >= 15 is 0 Å². The first kappa shape index (κ1) is 22.5. The van der Waals surface area contributed by atoms with Crippen LogP contribution in [0.3, 0.4) is 0 Å². The van der Waals surface area contributed by atoms with Crippen molar-refractivity contribution in [1.29, 1.82) is 0 Å². The molecule has 164 valence electrons. The van der Waals surface area contributed by atoms with E-state index in [1.54, 1.807) is 0 Å². The molecule has 3 atom stereocenters. The average Bonchev–Trinajstić information content (AvgIpc) is 2.91. The summed E-state index contributed by atoms with van der Waals surface area (Å²) >= 11 is 0. The first-order valence-electron chi connectivity index (χ1n) is 10.5. The molecule has 0 aromatic heterocycles. The molecule has 1 saturated heterocycles. The summed E-state index contributed by atoms with van der Waals surface area (Å²) in [4.78, 5) is 37.6. The molecule has 0 radical (unpaired) electrons. The van der Waals surface area contributed by atoms with Crippen LogP contribution in [0.5, 0.6) is 0 Å². The van der Waals surface area contributed by atoms with Gasteiger partial charge in [0.05, 0.1) is 6.04 Å². The Bertz CT molecular complexity index is 887. The van der Waals surface area contributed by atoms with E-state index in [1.165, 1.54) is 4.90 Å². The van der Waals surface area contributed by atoms with Crippen LogP contribution in [-0.2, 0) is 20.8 Å². The Morgan fingerprint density at radius 3 is 2.26 bits per heavy atom. The second kappa shape index (κ2) is 10.7. The highest BCUT2D eigenvalue weighted by Gasteiger charge is 2.34. The van der Waals surface area contributed by atoms with Crippen LogP contribution < -0.4 is 5.32 Å². The van der Waals surface area contributed by atoms with E-state index in [-0.39, 0.29) is 11.8 Å². The summed E-state index contributed by atoms with van der Waals surface area (Å²) in [6, 6.07) is 17.7. The molecule has 31 heavy (non-hydrogen) atoms. The maximum absolute atomic E-state index is 13.1. The zero-order valence-corrected chi connectivity index (χ0v) is 17.3. The van der Waals surface area contributed by atoms with Crippen molar-refractivity contribution in [3.05, 3.63) is 71.8 Å². The molecule has 1 heterocycles. The van der Waals surface area contributed by atoms with E-state index in [9.17, 15) is 24.6 Å². The molecule has 7 heteroatoms. The lowest BCUT2D eigenvalue weighted by Gasteiger charge is -2.26. The molecule has 0 saturated carbocycles. The van der Waals surface area contributed by atoms with Crippen LogP contribution in [0.4, 0.5) is 0 Å². The number of likely N-dealkylation sites (tertiary alicyclic amines) is 1. The number of carboxylic acids is 2. The second-order valence-electron chi connectivity index (χ2n) is 7.93. The van der Waals surface area contributed by atoms with Crippen molar-refractivity contribution < 1.29 is 24.6 Å². The number of aryl methyl sites for hydroxylation is 1. The highest BCUT2D eigenvalue weighted by atomic mass is 16.4. The second-order valence-corrected chi connectivity index (χ2v) is 7.93. The molecule has 1 fully saturated rings. The summed E-state index contributed by atoms with van der Waals surface area (Å²) < 4.78 is 0. The van der Waals surface area contributed by atoms with Crippen LogP contribution in [0.2, 0.25) is 0 Å². The Kier molecular flexibility index (Phi) is 7.78. The number of nitrogens with one attached hydrogen (secondary N) is 1. The van der Waals surface area contributed by atoms with Crippen molar-refractivity contribution in [1.82, 2.24) is 10.2 Å². The molecule has 1 aliphatic rings. The van der Waals surface area contributed by atoms with Crippen LogP contribution in [-0.4, -0.2) is 58.1 Å². The summed E-state index contributed by atoms with van der Waals surface area (Å²) in [7, 11) is 0. The number of carbonyl (C=O) groups excluding carboxylic acids is 1. The molecule has 7 nitrogen and oxygen atoms in total. The maximum atomic E-state index is 13.1. The van der Waals surface area contributed by atoms with E-state index in [1.807, 2.05) is 60.7 Å². The van der Waals surface area contributed by atoms with Crippen molar-refractivity contribution in [2.45, 2.75) is 43.7 Å². The highest BCUT2D eigenvalue weighted by Crippen LogP contribution is 2.27. The Labute approximate surface area is 181 Å². The third-order valence-corrected chi connectivity index (χ3v) is 5.72. The van der Waals surface area contributed by atoms with Crippen LogP contribution in [0.15, 0.2) is 60.7 Å². The van der Waals surface area contributed by atoms with Crippen molar-refractivity contribution in [2.24, 2.45) is 0 Å². The van der Waals surface area contributed by atoms with Gasteiger partial charge in [0, 0.05) is 12.5 Å². The summed E-state index contributed by atoms with van der Waals surface area (Å²) in [6.45, 7) is -0.100. The third kappa shape index (κ3) is 6.39. The molecule has 1 amide bonds. The molecule has 2 aromatic rings. The lowest BCUT2D eigenvalue weighted by atomic mass is 9.93. The summed E-state index contributed by atoms with van der Waals surface area (Å²) in [5, 5.41) is 22.0. The molecule has 0 unspecified atom stereocenters. The fourth-order valence-corrected chi connectivity index (χ4v) is 4.09. The van der Waals surface area contributed by atoms with Gasteiger partial charge in [-0.1, -0.05) is 60.7 Å². The third-order valence-electron chi connectivity index (χ3n) is 5.72. The molecule has 0 spiro atoms. The Hall–Kier alpha value is -3.19. The lowest BCUT2D eigenvalue weighted by Crippen LogP contribution is -2.52. The highest BCUT2D eigenvalue weighted by molar-refractivity contribution is 5.86. The predicted molar refractivity (Wildman–Crippen MR) is 116 cm³/mol. The minimum absolute atomic E-state index is 0.00361. The van der Waals surface area contributed by atoms with Crippen molar-refractivity contribution in [3.63, 3.8) is 0 Å². The molecule has 0 bridgehead atoms. The van der Waals surface area contributed by atoms with Crippen molar-refractivity contribution >= 4 is 17.8 Å². The molecule has 0 aliphatic carbocycles. The maximum Gasteiger partial charge on any atom is 0.323 e. The molecule has 1 aliphatic heterocycles. The first-order valence-corrected chi connectivity index (χ1v) is 10.5. The van der Waals surface area contributed by atoms with Gasteiger partial charge in [0.25, 0.3) is 0 Å². The van der Waals surface area contributed by atoms with Crippen LogP contribution in [0.25, 0.3) is 0 Å². The van der Waals surface area contributed by atoms with Gasteiger partial charge >= 0.3 is 11.9 Å². The minimum Gasteiger partial charge on any atom is -0.480 e. The fraction of sp³-hybridized carbons (Fsp3) is 0.375. The van der Waals surface area contributed by atoms with E-state index < -0.39 is 30.6 Å². The Morgan fingerprint density at radius 2 is 1.65 bits per heavy atom. The van der Waals surface area contributed by atoms with Gasteiger partial charge in [0.2, 0.25) is 5.91 Å². The molecule has 2 aromatic carbocycles. The van der Waals surface area contributed by atoms with Crippen molar-refractivity contribution in [2.75, 3.05) is 13.1 Å². The number of carbonyl (C=O) groups is 3. The van der Waals surface area contributed by atoms with Gasteiger partial charge < -0.3 is 15.1 Å². The van der Waals surface area contributed by atoms with Gasteiger partial charge in [-0.3, -0.25) is 19.7 Å². The smallest absolute Gasteiger partial charge is 0.323 e. The van der Waals surface area contributed by atoms with Crippen LogP contribution in [0, 0.1) is 0 Å². The molecular weight excluding hydrogens is 396 g/mol. The predicted octanol–water partition coefficient (Wildman–Crippen LogP) is 2.52. The van der Waals surface area contributed by atoms with E-state index in [4.69, 9.17) is 0 Å². The van der Waals surface area contributed by atoms with E-state index in [0.29, 0.717) is 32.2 Å². The van der Waals surface area contributed by atoms with Gasteiger partial charge in [0.15, 0.2) is 0 Å². The molecule has 3 N–H and O–H groups in total. The standard InChI is InChI=1S/C24H28N2O5/c27-22(28)16-26-15-19(18-9-5-2-6-10-18)12-14-20(23(26)29)25-21(24(30)31)13-11-17-7-3-1-4-8-17/h1-10,19-21,25H,11-16H2,(H,27,28)(H,30,31)/t19-,20+,21+/m1/s1. The first-order chi connectivity index (χ1) is 14.9. The topological polar surface area (TPSA) is 107 Å². The SMILES string of the molecule is O=C(O)CN1C[C@H](c2ccccc2)CC[C@H](N[C@@H](CCc2ccccc2)C(=O)O)C1=O. The number of nitrogens with zero attached hydrogens (tertiary/aromatic N) is 1. The number of hydrogen-bond acceptors (Lipinski definition) is 4. The summed E-state index contributed by atoms with van der Waals surface area (Å²) in [5.74, 6) is -2.45.